The van der Waals surface area contributed by atoms with Gasteiger partial charge in [-0.2, -0.15) is 0 Å². The Morgan fingerprint density at radius 1 is 1.40 bits per heavy atom. The van der Waals surface area contributed by atoms with E-state index in [4.69, 9.17) is 4.74 Å². The van der Waals surface area contributed by atoms with Gasteiger partial charge in [0.2, 0.25) is 0 Å². The lowest BCUT2D eigenvalue weighted by Gasteiger charge is -2.25. The van der Waals surface area contributed by atoms with Crippen LogP contribution in [0.5, 0.6) is 0 Å². The molecule has 1 N–H and O–H groups in total. The van der Waals surface area contributed by atoms with Crippen molar-refractivity contribution in [1.29, 1.82) is 0 Å². The van der Waals surface area contributed by atoms with E-state index in [2.05, 4.69) is 14.9 Å². The predicted molar refractivity (Wildman–Crippen MR) is 58.1 cm³/mol. The van der Waals surface area contributed by atoms with Gasteiger partial charge in [-0.25, -0.2) is 4.98 Å². The molecule has 0 spiro atoms. The fourth-order valence-electron chi connectivity index (χ4n) is 2.50. The first-order chi connectivity index (χ1) is 7.45. The fourth-order valence-corrected chi connectivity index (χ4v) is 2.50. The predicted octanol–water partition coefficient (Wildman–Crippen LogP) is 1.59. The highest BCUT2D eigenvalue weighted by atomic mass is 16.5. The molecule has 82 valence electrons. The summed E-state index contributed by atoms with van der Waals surface area (Å²) in [5.74, 6) is 3.07. The van der Waals surface area contributed by atoms with E-state index in [9.17, 15) is 0 Å². The molecule has 3 heterocycles. The van der Waals surface area contributed by atoms with Crippen LogP contribution >= 0.6 is 0 Å². The van der Waals surface area contributed by atoms with Crippen molar-refractivity contribution < 1.29 is 4.74 Å². The van der Waals surface area contributed by atoms with Crippen LogP contribution in [0.1, 0.15) is 31.0 Å². The summed E-state index contributed by atoms with van der Waals surface area (Å²) in [5.41, 5.74) is 0. The van der Waals surface area contributed by atoms with Crippen molar-refractivity contribution in [2.75, 3.05) is 25.1 Å². The molecule has 4 heteroatoms. The third kappa shape index (κ3) is 1.63. The van der Waals surface area contributed by atoms with E-state index < -0.39 is 0 Å². The van der Waals surface area contributed by atoms with Crippen LogP contribution in [0.15, 0.2) is 6.20 Å². The summed E-state index contributed by atoms with van der Waals surface area (Å²) in [6.45, 7) is 3.98. The van der Waals surface area contributed by atoms with Crippen LogP contribution in [-0.2, 0) is 11.3 Å². The highest BCUT2D eigenvalue weighted by Crippen LogP contribution is 2.29. The Hall–Kier alpha value is -1.03. The van der Waals surface area contributed by atoms with E-state index >= 15 is 0 Å². The standard InChI is InChI=1S/C11H17N3O/c1-4-12-10-8-13-11(14(10)5-1)9-2-6-15-7-3-9/h8-9,12H,1-7H2. The minimum Gasteiger partial charge on any atom is -0.381 e. The first kappa shape index (κ1) is 9.21. The zero-order valence-corrected chi connectivity index (χ0v) is 8.91. The van der Waals surface area contributed by atoms with Crippen LogP contribution in [0.2, 0.25) is 0 Å². The monoisotopic (exact) mass is 207 g/mol. The molecule has 2 aliphatic heterocycles. The molecular formula is C11H17N3O. The molecule has 4 nitrogen and oxygen atoms in total. The second kappa shape index (κ2) is 3.85. The van der Waals surface area contributed by atoms with Crippen molar-refractivity contribution >= 4 is 5.82 Å². The molecule has 1 saturated heterocycles. The number of hydrogen-bond donors (Lipinski definition) is 1. The maximum Gasteiger partial charge on any atom is 0.126 e. The Balaban J connectivity index is 1.87. The Bertz CT molecular complexity index is 342. The van der Waals surface area contributed by atoms with Gasteiger partial charge in [0.1, 0.15) is 11.6 Å². The second-order valence-electron chi connectivity index (χ2n) is 4.32. The van der Waals surface area contributed by atoms with Gasteiger partial charge in [0.25, 0.3) is 0 Å². The molecule has 0 aliphatic carbocycles. The maximum atomic E-state index is 5.39. The summed E-state index contributed by atoms with van der Waals surface area (Å²) in [6.07, 6.45) is 5.43. The lowest BCUT2D eigenvalue weighted by Crippen LogP contribution is -2.22. The lowest BCUT2D eigenvalue weighted by molar-refractivity contribution is 0.0828. The number of aromatic nitrogens is 2. The van der Waals surface area contributed by atoms with Gasteiger partial charge in [-0.05, 0) is 19.3 Å². The zero-order valence-electron chi connectivity index (χ0n) is 8.91. The third-order valence-corrected chi connectivity index (χ3v) is 3.34. The van der Waals surface area contributed by atoms with Gasteiger partial charge in [0.15, 0.2) is 0 Å². The van der Waals surface area contributed by atoms with Crippen LogP contribution < -0.4 is 5.32 Å². The van der Waals surface area contributed by atoms with Gasteiger partial charge in [-0.1, -0.05) is 0 Å². The molecule has 0 saturated carbocycles. The Kier molecular flexibility index (Phi) is 2.37. The molecule has 0 bridgehead atoms. The van der Waals surface area contributed by atoms with Crippen molar-refractivity contribution in [1.82, 2.24) is 9.55 Å². The number of fused-ring (bicyclic) bond motifs is 1. The fraction of sp³-hybridized carbons (Fsp3) is 0.727. The smallest absolute Gasteiger partial charge is 0.126 e. The molecule has 0 radical (unpaired) electrons. The van der Waals surface area contributed by atoms with Gasteiger partial charge >= 0.3 is 0 Å². The quantitative estimate of drug-likeness (QED) is 0.760. The Morgan fingerprint density at radius 3 is 3.13 bits per heavy atom. The maximum absolute atomic E-state index is 5.39. The summed E-state index contributed by atoms with van der Waals surface area (Å²) in [5, 5.41) is 3.39. The van der Waals surface area contributed by atoms with Gasteiger partial charge in [-0.3, -0.25) is 0 Å². The molecule has 1 aromatic rings. The number of anilines is 1. The van der Waals surface area contributed by atoms with E-state index in [1.165, 1.54) is 18.1 Å². The molecule has 0 atom stereocenters. The first-order valence-corrected chi connectivity index (χ1v) is 5.82. The van der Waals surface area contributed by atoms with E-state index in [-0.39, 0.29) is 0 Å². The minimum atomic E-state index is 0.604. The summed E-state index contributed by atoms with van der Waals surface area (Å²) >= 11 is 0. The third-order valence-electron chi connectivity index (χ3n) is 3.34. The number of rotatable bonds is 1. The molecule has 1 fully saturated rings. The average molecular weight is 207 g/mol. The molecular weight excluding hydrogens is 190 g/mol. The molecule has 15 heavy (non-hydrogen) atoms. The minimum absolute atomic E-state index is 0.604. The van der Waals surface area contributed by atoms with Crippen LogP contribution in [0.25, 0.3) is 0 Å². The number of imidazole rings is 1. The van der Waals surface area contributed by atoms with Gasteiger partial charge < -0.3 is 14.6 Å². The summed E-state index contributed by atoms with van der Waals surface area (Å²) < 4.78 is 7.74. The van der Waals surface area contributed by atoms with E-state index in [1.807, 2.05) is 6.20 Å². The van der Waals surface area contributed by atoms with Gasteiger partial charge in [0.05, 0.1) is 6.20 Å². The molecule has 0 amide bonds. The average Bonchev–Trinajstić information content (AvgIpc) is 2.74. The number of hydrogen-bond acceptors (Lipinski definition) is 3. The van der Waals surface area contributed by atoms with Crippen molar-refractivity contribution in [3.8, 4) is 0 Å². The van der Waals surface area contributed by atoms with Gasteiger partial charge in [0, 0.05) is 32.2 Å². The normalized spacial score (nSPS) is 22.1. The summed E-state index contributed by atoms with van der Waals surface area (Å²) in [7, 11) is 0. The van der Waals surface area contributed by atoms with Crippen molar-refractivity contribution in [2.24, 2.45) is 0 Å². The highest BCUT2D eigenvalue weighted by molar-refractivity contribution is 5.37. The van der Waals surface area contributed by atoms with Crippen LogP contribution in [-0.4, -0.2) is 29.3 Å². The van der Waals surface area contributed by atoms with Gasteiger partial charge in [-0.15, -0.1) is 0 Å². The molecule has 0 unspecified atom stereocenters. The summed E-state index contributed by atoms with van der Waals surface area (Å²) in [6, 6.07) is 0. The second-order valence-corrected chi connectivity index (χ2v) is 4.32. The SMILES string of the molecule is c1nc(C2CCOCC2)n2c1NCCC2. The van der Waals surface area contributed by atoms with E-state index in [0.29, 0.717) is 5.92 Å². The van der Waals surface area contributed by atoms with Crippen LogP contribution in [0, 0.1) is 0 Å². The van der Waals surface area contributed by atoms with Crippen molar-refractivity contribution in [3.63, 3.8) is 0 Å². The van der Waals surface area contributed by atoms with E-state index in [1.54, 1.807) is 0 Å². The summed E-state index contributed by atoms with van der Waals surface area (Å²) in [4.78, 5) is 4.57. The molecule has 1 aromatic heterocycles. The zero-order chi connectivity index (χ0) is 10.1. The molecule has 3 rings (SSSR count). The molecule has 2 aliphatic rings. The Morgan fingerprint density at radius 2 is 2.27 bits per heavy atom. The topological polar surface area (TPSA) is 39.1 Å². The van der Waals surface area contributed by atoms with Crippen LogP contribution in [0.4, 0.5) is 5.82 Å². The van der Waals surface area contributed by atoms with Crippen molar-refractivity contribution in [2.45, 2.75) is 31.7 Å². The van der Waals surface area contributed by atoms with E-state index in [0.717, 1.165) is 39.1 Å². The Labute approximate surface area is 89.6 Å². The first-order valence-electron chi connectivity index (χ1n) is 5.82. The largest absolute Gasteiger partial charge is 0.381 e. The van der Waals surface area contributed by atoms with Crippen LogP contribution in [0.3, 0.4) is 0 Å². The highest BCUT2D eigenvalue weighted by Gasteiger charge is 2.23. The number of ether oxygens (including phenoxy) is 1. The number of nitrogens with one attached hydrogen (secondary N) is 1. The lowest BCUT2D eigenvalue weighted by atomic mass is 9.99. The van der Waals surface area contributed by atoms with Crippen molar-refractivity contribution in [3.05, 3.63) is 12.0 Å². The number of nitrogens with zero attached hydrogens (tertiary/aromatic N) is 2. The molecule has 0 aromatic carbocycles.